The maximum absolute atomic E-state index is 11.1. The van der Waals surface area contributed by atoms with Crippen molar-refractivity contribution in [2.45, 2.75) is 19.3 Å². The van der Waals surface area contributed by atoms with Crippen LogP contribution in [0, 0.1) is 5.92 Å². The van der Waals surface area contributed by atoms with Gasteiger partial charge < -0.3 is 10.5 Å². The van der Waals surface area contributed by atoms with Gasteiger partial charge in [0.05, 0.1) is 7.11 Å². The summed E-state index contributed by atoms with van der Waals surface area (Å²) in [5.41, 5.74) is 6.96. The number of methoxy groups -OCH3 is 1. The molecule has 5 heteroatoms. The molecule has 0 saturated carbocycles. The number of hydrogen-bond acceptors (Lipinski definition) is 4. The summed E-state index contributed by atoms with van der Waals surface area (Å²) >= 11 is 0. The van der Waals surface area contributed by atoms with E-state index in [1.54, 1.807) is 7.11 Å². The molecule has 0 saturated heterocycles. The summed E-state index contributed by atoms with van der Waals surface area (Å²) < 4.78 is 27.3. The van der Waals surface area contributed by atoms with Crippen molar-refractivity contribution >= 4 is 9.84 Å². The molecule has 0 fully saturated rings. The molecular formula is C14H23NO3S. The molecule has 1 aromatic carbocycles. The van der Waals surface area contributed by atoms with Crippen LogP contribution >= 0.6 is 0 Å². The Labute approximate surface area is 115 Å². The van der Waals surface area contributed by atoms with Crippen molar-refractivity contribution in [2.24, 2.45) is 11.7 Å². The van der Waals surface area contributed by atoms with Crippen LogP contribution < -0.4 is 10.5 Å². The largest absolute Gasteiger partial charge is 0.497 e. The van der Waals surface area contributed by atoms with Crippen molar-refractivity contribution in [3.05, 3.63) is 29.8 Å². The highest BCUT2D eigenvalue weighted by Crippen LogP contribution is 2.17. The van der Waals surface area contributed by atoms with E-state index in [1.807, 2.05) is 24.3 Å². The molecule has 0 amide bonds. The number of hydrogen-bond donors (Lipinski definition) is 1. The molecule has 2 N–H and O–H groups in total. The average molecular weight is 285 g/mol. The first-order valence-electron chi connectivity index (χ1n) is 6.45. The van der Waals surface area contributed by atoms with Crippen LogP contribution in [-0.2, 0) is 16.3 Å². The van der Waals surface area contributed by atoms with E-state index in [2.05, 4.69) is 0 Å². The molecule has 1 unspecified atom stereocenters. The zero-order valence-corrected chi connectivity index (χ0v) is 12.4. The predicted molar refractivity (Wildman–Crippen MR) is 78.2 cm³/mol. The molecule has 108 valence electrons. The first-order chi connectivity index (χ1) is 8.94. The lowest BCUT2D eigenvalue weighted by atomic mass is 9.95. The maximum Gasteiger partial charge on any atom is 0.147 e. The predicted octanol–water partition coefficient (Wildman–Crippen LogP) is 1.64. The molecule has 0 aliphatic carbocycles. The van der Waals surface area contributed by atoms with E-state index in [0.717, 1.165) is 18.6 Å². The highest BCUT2D eigenvalue weighted by atomic mass is 32.2. The van der Waals surface area contributed by atoms with Crippen LogP contribution in [0.3, 0.4) is 0 Å². The third-order valence-electron chi connectivity index (χ3n) is 3.14. The highest BCUT2D eigenvalue weighted by Gasteiger charge is 2.10. The highest BCUT2D eigenvalue weighted by molar-refractivity contribution is 7.90. The van der Waals surface area contributed by atoms with Crippen molar-refractivity contribution in [1.29, 1.82) is 0 Å². The Bertz CT molecular complexity index is 468. The molecule has 0 aliphatic heterocycles. The van der Waals surface area contributed by atoms with Crippen molar-refractivity contribution in [1.82, 2.24) is 0 Å². The molecule has 1 aromatic rings. The van der Waals surface area contributed by atoms with Crippen LogP contribution in [0.25, 0.3) is 0 Å². The van der Waals surface area contributed by atoms with Gasteiger partial charge in [-0.05, 0) is 49.4 Å². The average Bonchev–Trinajstić information content (AvgIpc) is 2.37. The molecule has 0 aliphatic rings. The minimum Gasteiger partial charge on any atom is -0.497 e. The van der Waals surface area contributed by atoms with Gasteiger partial charge in [-0.25, -0.2) is 8.42 Å². The number of ether oxygens (including phenoxy) is 1. The summed E-state index contributed by atoms with van der Waals surface area (Å²) in [6.45, 7) is 0.579. The van der Waals surface area contributed by atoms with Gasteiger partial charge in [0.15, 0.2) is 0 Å². The lowest BCUT2D eigenvalue weighted by Gasteiger charge is -2.14. The third-order valence-corrected chi connectivity index (χ3v) is 4.17. The Morgan fingerprint density at radius 2 is 1.89 bits per heavy atom. The summed E-state index contributed by atoms with van der Waals surface area (Å²) in [7, 11) is -1.23. The van der Waals surface area contributed by atoms with Gasteiger partial charge >= 0.3 is 0 Å². The topological polar surface area (TPSA) is 69.4 Å². The quantitative estimate of drug-likeness (QED) is 0.788. The molecule has 0 spiro atoms. The van der Waals surface area contributed by atoms with Gasteiger partial charge in [0.25, 0.3) is 0 Å². The van der Waals surface area contributed by atoms with Crippen LogP contribution in [-0.4, -0.2) is 34.1 Å². The lowest BCUT2D eigenvalue weighted by Crippen LogP contribution is -2.18. The minimum atomic E-state index is -2.87. The minimum absolute atomic E-state index is 0.242. The van der Waals surface area contributed by atoms with Crippen LogP contribution in [0.4, 0.5) is 0 Å². The fourth-order valence-corrected chi connectivity index (χ4v) is 2.72. The number of benzene rings is 1. The summed E-state index contributed by atoms with van der Waals surface area (Å²) in [6.07, 6.45) is 3.67. The number of sulfone groups is 1. The van der Waals surface area contributed by atoms with Gasteiger partial charge in [0.2, 0.25) is 0 Å². The van der Waals surface area contributed by atoms with Crippen molar-refractivity contribution in [3.8, 4) is 5.75 Å². The van der Waals surface area contributed by atoms with E-state index in [-0.39, 0.29) is 5.75 Å². The molecule has 0 radical (unpaired) electrons. The van der Waals surface area contributed by atoms with Crippen LogP contribution in [0.1, 0.15) is 18.4 Å². The number of nitrogens with two attached hydrogens (primary N) is 1. The summed E-state index contributed by atoms with van der Waals surface area (Å²) in [5, 5.41) is 0. The second-order valence-electron chi connectivity index (χ2n) is 4.93. The second kappa shape index (κ2) is 7.50. The van der Waals surface area contributed by atoms with Gasteiger partial charge in [-0.2, -0.15) is 0 Å². The van der Waals surface area contributed by atoms with Gasteiger partial charge in [0, 0.05) is 12.0 Å². The Morgan fingerprint density at radius 1 is 1.26 bits per heavy atom. The second-order valence-corrected chi connectivity index (χ2v) is 7.19. The van der Waals surface area contributed by atoms with Crippen molar-refractivity contribution in [3.63, 3.8) is 0 Å². The lowest BCUT2D eigenvalue weighted by molar-refractivity contribution is 0.414. The zero-order chi connectivity index (χ0) is 14.3. The molecule has 19 heavy (non-hydrogen) atoms. The van der Waals surface area contributed by atoms with Crippen LogP contribution in [0.2, 0.25) is 0 Å². The molecule has 0 bridgehead atoms. The van der Waals surface area contributed by atoms with Gasteiger partial charge in [-0.3, -0.25) is 0 Å². The summed E-state index contributed by atoms with van der Waals surface area (Å²) in [5.74, 6) is 1.41. The van der Waals surface area contributed by atoms with Crippen LogP contribution in [0.15, 0.2) is 24.3 Å². The Morgan fingerprint density at radius 3 is 2.37 bits per heavy atom. The van der Waals surface area contributed by atoms with Crippen molar-refractivity contribution in [2.75, 3.05) is 25.7 Å². The number of rotatable bonds is 8. The van der Waals surface area contributed by atoms with Crippen LogP contribution in [0.5, 0.6) is 5.75 Å². The summed E-state index contributed by atoms with van der Waals surface area (Å²) in [4.78, 5) is 0. The molecule has 0 aromatic heterocycles. The molecule has 1 atom stereocenters. The summed E-state index contributed by atoms with van der Waals surface area (Å²) in [6, 6.07) is 7.91. The SMILES string of the molecule is COc1ccc(CC(CN)CCCS(C)(=O)=O)cc1. The fourth-order valence-electron chi connectivity index (χ4n) is 2.03. The molecular weight excluding hydrogens is 262 g/mol. The van der Waals surface area contributed by atoms with E-state index >= 15 is 0 Å². The standard InChI is InChI=1S/C14H23NO3S/c1-18-14-7-5-12(6-8-14)10-13(11-15)4-3-9-19(2,16)17/h5-8,13H,3-4,9-11,15H2,1-2H3. The Balaban J connectivity index is 2.46. The monoisotopic (exact) mass is 285 g/mol. The smallest absolute Gasteiger partial charge is 0.147 e. The maximum atomic E-state index is 11.1. The molecule has 4 nitrogen and oxygen atoms in total. The van der Waals surface area contributed by atoms with Crippen molar-refractivity contribution < 1.29 is 13.2 Å². The van der Waals surface area contributed by atoms with Gasteiger partial charge in [-0.1, -0.05) is 12.1 Å². The molecule has 0 heterocycles. The zero-order valence-electron chi connectivity index (χ0n) is 11.6. The Kier molecular flexibility index (Phi) is 6.31. The Hall–Kier alpha value is -1.07. The van der Waals surface area contributed by atoms with E-state index in [4.69, 9.17) is 10.5 Å². The first kappa shape index (κ1) is 16.0. The first-order valence-corrected chi connectivity index (χ1v) is 8.51. The van der Waals surface area contributed by atoms with E-state index in [0.29, 0.717) is 18.9 Å². The van der Waals surface area contributed by atoms with E-state index < -0.39 is 9.84 Å². The van der Waals surface area contributed by atoms with Gasteiger partial charge in [0.1, 0.15) is 15.6 Å². The van der Waals surface area contributed by atoms with E-state index in [9.17, 15) is 8.42 Å². The fraction of sp³-hybridized carbons (Fsp3) is 0.571. The molecule has 1 rings (SSSR count). The third kappa shape index (κ3) is 6.59. The van der Waals surface area contributed by atoms with Gasteiger partial charge in [-0.15, -0.1) is 0 Å². The normalized spacial score (nSPS) is 13.2. The van der Waals surface area contributed by atoms with E-state index in [1.165, 1.54) is 11.8 Å².